The van der Waals surface area contributed by atoms with Crippen LogP contribution in [0.25, 0.3) is 0 Å². The van der Waals surface area contributed by atoms with Crippen LogP contribution < -0.4 is 10.2 Å². The zero-order chi connectivity index (χ0) is 13.8. The van der Waals surface area contributed by atoms with Crippen LogP contribution in [0.1, 0.15) is 11.4 Å². The van der Waals surface area contributed by atoms with Crippen molar-refractivity contribution in [2.45, 2.75) is 13.5 Å². The molecule has 2 N–H and O–H groups in total. The summed E-state index contributed by atoms with van der Waals surface area (Å²) in [6.45, 7) is 2.05. The van der Waals surface area contributed by atoms with Crippen molar-refractivity contribution in [3.63, 3.8) is 0 Å². The number of ether oxygens (including phenoxy) is 1. The molecule has 2 aromatic rings. The van der Waals surface area contributed by atoms with Crippen LogP contribution in [-0.4, -0.2) is 22.2 Å². The Bertz CT molecular complexity index is 578. The van der Waals surface area contributed by atoms with Gasteiger partial charge in [-0.2, -0.15) is 0 Å². The fourth-order valence-electron chi connectivity index (χ4n) is 1.65. The van der Waals surface area contributed by atoms with Gasteiger partial charge >= 0.3 is 7.12 Å². The van der Waals surface area contributed by atoms with Gasteiger partial charge in [0.05, 0.1) is 5.69 Å². The number of halogens is 1. The van der Waals surface area contributed by atoms with E-state index in [0.29, 0.717) is 0 Å². The number of benzene rings is 1. The standard InChI is InChI=1S/C13H13BFNO3/c1-9-3-2-4-12(16-9)8-19-13-6-10(14(17)18)5-11(15)7-13/h2-7,17-18H,8H2,1H3. The van der Waals surface area contributed by atoms with Crippen molar-refractivity contribution in [2.75, 3.05) is 0 Å². The molecule has 0 amide bonds. The molecule has 0 spiro atoms. The summed E-state index contributed by atoms with van der Waals surface area (Å²) in [5, 5.41) is 18.0. The molecule has 0 aliphatic carbocycles. The maximum atomic E-state index is 13.3. The minimum atomic E-state index is -1.73. The first-order chi connectivity index (χ1) is 9.04. The minimum Gasteiger partial charge on any atom is -0.487 e. The third-order valence-electron chi connectivity index (χ3n) is 2.52. The first-order valence-electron chi connectivity index (χ1n) is 5.76. The summed E-state index contributed by atoms with van der Waals surface area (Å²) in [6, 6.07) is 9.13. The van der Waals surface area contributed by atoms with E-state index in [1.807, 2.05) is 19.1 Å². The second kappa shape index (κ2) is 5.82. The fourth-order valence-corrected chi connectivity index (χ4v) is 1.65. The highest BCUT2D eigenvalue weighted by Crippen LogP contribution is 2.13. The van der Waals surface area contributed by atoms with Crippen LogP contribution in [0.15, 0.2) is 36.4 Å². The van der Waals surface area contributed by atoms with Gasteiger partial charge in [-0.15, -0.1) is 0 Å². The monoisotopic (exact) mass is 261 g/mol. The number of hydrogen-bond donors (Lipinski definition) is 2. The Kier molecular flexibility index (Phi) is 4.14. The van der Waals surface area contributed by atoms with E-state index in [1.54, 1.807) is 6.07 Å². The Hall–Kier alpha value is -1.92. The Morgan fingerprint density at radius 3 is 2.74 bits per heavy atom. The van der Waals surface area contributed by atoms with Crippen LogP contribution in [0.2, 0.25) is 0 Å². The van der Waals surface area contributed by atoms with Gasteiger partial charge in [-0.05, 0) is 36.7 Å². The van der Waals surface area contributed by atoms with Crippen molar-refractivity contribution in [1.82, 2.24) is 4.98 Å². The van der Waals surface area contributed by atoms with Crippen molar-refractivity contribution in [1.29, 1.82) is 0 Å². The fraction of sp³-hybridized carbons (Fsp3) is 0.154. The van der Waals surface area contributed by atoms with Gasteiger partial charge in [0, 0.05) is 11.8 Å². The van der Waals surface area contributed by atoms with Crippen molar-refractivity contribution in [3.8, 4) is 5.75 Å². The zero-order valence-electron chi connectivity index (χ0n) is 10.4. The topological polar surface area (TPSA) is 62.6 Å². The van der Waals surface area contributed by atoms with Crippen molar-refractivity contribution in [2.24, 2.45) is 0 Å². The summed E-state index contributed by atoms with van der Waals surface area (Å²) in [7, 11) is -1.73. The third-order valence-corrected chi connectivity index (χ3v) is 2.52. The van der Waals surface area contributed by atoms with Crippen LogP contribution in [0.5, 0.6) is 5.75 Å². The first-order valence-corrected chi connectivity index (χ1v) is 5.76. The number of hydrogen-bond acceptors (Lipinski definition) is 4. The quantitative estimate of drug-likeness (QED) is 0.798. The highest BCUT2D eigenvalue weighted by atomic mass is 19.1. The van der Waals surface area contributed by atoms with Gasteiger partial charge in [-0.1, -0.05) is 6.07 Å². The van der Waals surface area contributed by atoms with Crippen LogP contribution in [0.3, 0.4) is 0 Å². The van der Waals surface area contributed by atoms with E-state index in [2.05, 4.69) is 4.98 Å². The summed E-state index contributed by atoms with van der Waals surface area (Å²) in [5.74, 6) is -0.357. The van der Waals surface area contributed by atoms with Crippen molar-refractivity contribution >= 4 is 12.6 Å². The molecule has 0 aliphatic heterocycles. The molecular formula is C13H13BFNO3. The average molecular weight is 261 g/mol. The maximum absolute atomic E-state index is 13.3. The Morgan fingerprint density at radius 2 is 2.05 bits per heavy atom. The van der Waals surface area contributed by atoms with Crippen LogP contribution >= 0.6 is 0 Å². The van der Waals surface area contributed by atoms with E-state index in [-0.39, 0.29) is 17.8 Å². The van der Waals surface area contributed by atoms with Crippen LogP contribution in [0, 0.1) is 12.7 Å². The molecule has 0 saturated heterocycles. The molecule has 1 aromatic carbocycles. The molecule has 98 valence electrons. The second-order valence-corrected chi connectivity index (χ2v) is 4.15. The Labute approximate surface area is 110 Å². The molecule has 0 atom stereocenters. The largest absolute Gasteiger partial charge is 0.488 e. The number of aromatic nitrogens is 1. The van der Waals surface area contributed by atoms with Gasteiger partial charge in [-0.25, -0.2) is 4.39 Å². The molecule has 0 fully saturated rings. The van der Waals surface area contributed by atoms with Gasteiger partial charge in [0.2, 0.25) is 0 Å². The summed E-state index contributed by atoms with van der Waals surface area (Å²) in [6.07, 6.45) is 0. The SMILES string of the molecule is Cc1cccc(COc2cc(F)cc(B(O)O)c2)n1. The molecule has 0 unspecified atom stereocenters. The number of rotatable bonds is 4. The smallest absolute Gasteiger partial charge is 0.487 e. The molecule has 0 radical (unpaired) electrons. The third kappa shape index (κ3) is 3.77. The van der Waals surface area contributed by atoms with Gasteiger partial charge < -0.3 is 14.8 Å². The number of pyridine rings is 1. The summed E-state index contributed by atoms with van der Waals surface area (Å²) in [4.78, 5) is 4.25. The van der Waals surface area contributed by atoms with E-state index < -0.39 is 12.9 Å². The van der Waals surface area contributed by atoms with Crippen molar-refractivity contribution in [3.05, 3.63) is 53.6 Å². The maximum Gasteiger partial charge on any atom is 0.488 e. The molecular weight excluding hydrogens is 248 g/mol. The van der Waals surface area contributed by atoms with E-state index >= 15 is 0 Å². The minimum absolute atomic E-state index is 0.0483. The van der Waals surface area contributed by atoms with Gasteiger partial charge in [0.25, 0.3) is 0 Å². The lowest BCUT2D eigenvalue weighted by atomic mass is 9.80. The second-order valence-electron chi connectivity index (χ2n) is 4.15. The van der Waals surface area contributed by atoms with Crippen molar-refractivity contribution < 1.29 is 19.2 Å². The van der Waals surface area contributed by atoms with E-state index in [9.17, 15) is 4.39 Å². The molecule has 2 rings (SSSR count). The summed E-state index contributed by atoms with van der Waals surface area (Å²) < 4.78 is 18.7. The molecule has 4 nitrogen and oxygen atoms in total. The van der Waals surface area contributed by atoms with Gasteiger partial charge in [0.1, 0.15) is 18.2 Å². The first kappa shape index (κ1) is 13.5. The molecule has 1 heterocycles. The normalized spacial score (nSPS) is 10.3. The molecule has 19 heavy (non-hydrogen) atoms. The Morgan fingerprint density at radius 1 is 1.26 bits per heavy atom. The summed E-state index contributed by atoms with van der Waals surface area (Å²) in [5.41, 5.74) is 1.63. The van der Waals surface area contributed by atoms with E-state index in [0.717, 1.165) is 17.5 Å². The molecule has 6 heteroatoms. The molecule has 0 aliphatic rings. The lowest BCUT2D eigenvalue weighted by Crippen LogP contribution is -2.30. The molecule has 0 saturated carbocycles. The Balaban J connectivity index is 2.11. The van der Waals surface area contributed by atoms with E-state index in [4.69, 9.17) is 14.8 Å². The molecule has 1 aromatic heterocycles. The molecule has 0 bridgehead atoms. The van der Waals surface area contributed by atoms with Gasteiger partial charge in [-0.3, -0.25) is 4.98 Å². The highest BCUT2D eigenvalue weighted by molar-refractivity contribution is 6.58. The predicted molar refractivity (Wildman–Crippen MR) is 69.5 cm³/mol. The highest BCUT2D eigenvalue weighted by Gasteiger charge is 2.13. The predicted octanol–water partition coefficient (Wildman–Crippen LogP) is 0.788. The number of aryl methyl sites for hydroxylation is 1. The lowest BCUT2D eigenvalue weighted by Gasteiger charge is -2.08. The van der Waals surface area contributed by atoms with E-state index in [1.165, 1.54) is 12.1 Å². The summed E-state index contributed by atoms with van der Waals surface area (Å²) >= 11 is 0. The van der Waals surface area contributed by atoms with Crippen LogP contribution in [-0.2, 0) is 6.61 Å². The van der Waals surface area contributed by atoms with Crippen LogP contribution in [0.4, 0.5) is 4.39 Å². The zero-order valence-corrected chi connectivity index (χ0v) is 10.4. The lowest BCUT2D eigenvalue weighted by molar-refractivity contribution is 0.299. The average Bonchev–Trinajstić information content (AvgIpc) is 2.36. The number of nitrogens with zero attached hydrogens (tertiary/aromatic N) is 1. The van der Waals surface area contributed by atoms with Gasteiger partial charge in [0.15, 0.2) is 0 Å².